The van der Waals surface area contributed by atoms with Gasteiger partial charge < -0.3 is 4.90 Å². The van der Waals surface area contributed by atoms with Crippen molar-refractivity contribution in [2.45, 2.75) is 38.1 Å². The van der Waals surface area contributed by atoms with Crippen molar-refractivity contribution >= 4 is 17.1 Å². The highest BCUT2D eigenvalue weighted by atomic mass is 16.2. The van der Waals surface area contributed by atoms with Crippen molar-refractivity contribution in [3.63, 3.8) is 0 Å². The number of aromatic nitrogens is 3. The average molecular weight is 378 g/mol. The van der Waals surface area contributed by atoms with E-state index >= 15 is 0 Å². The van der Waals surface area contributed by atoms with Gasteiger partial charge in [0.25, 0.3) is 0 Å². The zero-order chi connectivity index (χ0) is 19.5. The minimum Gasteiger partial charge on any atom is -0.341 e. The molecule has 28 heavy (non-hydrogen) atoms. The fourth-order valence-electron chi connectivity index (χ4n) is 4.16. The SMILES string of the molecule is Cn1c(=O)n(C2CCCN(C(=O)CCCc3ccccc3)C2)c2ncccc21. The van der Waals surface area contributed by atoms with Gasteiger partial charge in [-0.05, 0) is 43.4 Å². The smallest absolute Gasteiger partial charge is 0.330 e. The lowest BCUT2D eigenvalue weighted by Crippen LogP contribution is -2.43. The van der Waals surface area contributed by atoms with Crippen molar-refractivity contribution in [3.8, 4) is 0 Å². The standard InChI is InChI=1S/C22H26N4O2/c1-24-19-12-6-14-23-21(19)26(22(24)28)18-11-7-15-25(16-18)20(27)13-5-10-17-8-3-2-4-9-17/h2-4,6,8-9,12,14,18H,5,7,10-11,13,15-16H2,1H3. The van der Waals surface area contributed by atoms with Gasteiger partial charge in [0.1, 0.15) is 0 Å². The molecular weight excluding hydrogens is 352 g/mol. The first-order valence-corrected chi connectivity index (χ1v) is 9.99. The molecule has 4 rings (SSSR count). The molecule has 1 saturated heterocycles. The molecule has 0 saturated carbocycles. The van der Waals surface area contributed by atoms with Gasteiger partial charge >= 0.3 is 5.69 Å². The molecule has 1 aliphatic heterocycles. The van der Waals surface area contributed by atoms with Crippen molar-refractivity contribution in [1.82, 2.24) is 19.0 Å². The number of hydrogen-bond donors (Lipinski definition) is 0. The van der Waals surface area contributed by atoms with E-state index < -0.39 is 0 Å². The maximum atomic E-state index is 12.8. The van der Waals surface area contributed by atoms with Gasteiger partial charge in [-0.1, -0.05) is 30.3 Å². The zero-order valence-corrected chi connectivity index (χ0v) is 16.3. The Balaban J connectivity index is 1.44. The molecule has 3 heterocycles. The Morgan fingerprint density at radius 2 is 2.00 bits per heavy atom. The number of carbonyl (C=O) groups excluding carboxylic acids is 1. The Kier molecular flexibility index (Phi) is 5.28. The van der Waals surface area contributed by atoms with Crippen LogP contribution in [0, 0.1) is 0 Å². The molecule has 3 aromatic rings. The number of fused-ring (bicyclic) bond motifs is 1. The molecule has 0 bridgehead atoms. The number of benzene rings is 1. The van der Waals surface area contributed by atoms with Crippen LogP contribution in [-0.2, 0) is 18.3 Å². The van der Waals surface area contributed by atoms with Gasteiger partial charge in [-0.25, -0.2) is 9.78 Å². The molecule has 0 radical (unpaired) electrons. The summed E-state index contributed by atoms with van der Waals surface area (Å²) in [7, 11) is 1.78. The number of amides is 1. The molecule has 1 aliphatic rings. The van der Waals surface area contributed by atoms with E-state index in [1.807, 2.05) is 35.2 Å². The van der Waals surface area contributed by atoms with Crippen LogP contribution in [0.3, 0.4) is 0 Å². The summed E-state index contributed by atoms with van der Waals surface area (Å²) in [5.74, 6) is 0.182. The van der Waals surface area contributed by atoms with E-state index in [1.54, 1.807) is 22.4 Å². The van der Waals surface area contributed by atoms with Crippen LogP contribution in [-0.4, -0.2) is 38.0 Å². The minimum absolute atomic E-state index is 0.0158. The summed E-state index contributed by atoms with van der Waals surface area (Å²) in [6.45, 7) is 1.35. The molecule has 1 unspecified atom stereocenters. The van der Waals surface area contributed by atoms with Gasteiger partial charge in [0.05, 0.1) is 11.6 Å². The summed E-state index contributed by atoms with van der Waals surface area (Å²) in [4.78, 5) is 31.9. The van der Waals surface area contributed by atoms with E-state index in [0.29, 0.717) is 18.6 Å². The van der Waals surface area contributed by atoms with E-state index in [1.165, 1.54) is 5.56 Å². The van der Waals surface area contributed by atoms with Gasteiger partial charge in [-0.2, -0.15) is 0 Å². The molecule has 1 atom stereocenters. The summed E-state index contributed by atoms with van der Waals surface area (Å²) in [5, 5.41) is 0. The first-order valence-electron chi connectivity index (χ1n) is 9.99. The van der Waals surface area contributed by atoms with E-state index in [-0.39, 0.29) is 17.6 Å². The Morgan fingerprint density at radius 3 is 2.82 bits per heavy atom. The second kappa shape index (κ2) is 8.00. The average Bonchev–Trinajstić information content (AvgIpc) is 2.99. The van der Waals surface area contributed by atoms with Crippen LogP contribution < -0.4 is 5.69 Å². The maximum absolute atomic E-state index is 12.8. The molecule has 2 aromatic heterocycles. The van der Waals surface area contributed by atoms with E-state index in [2.05, 4.69) is 17.1 Å². The first kappa shape index (κ1) is 18.5. The number of nitrogens with zero attached hydrogens (tertiary/aromatic N) is 4. The van der Waals surface area contributed by atoms with Crippen LogP contribution in [0.25, 0.3) is 11.2 Å². The van der Waals surface area contributed by atoms with E-state index in [9.17, 15) is 9.59 Å². The first-order chi connectivity index (χ1) is 13.6. The van der Waals surface area contributed by atoms with Crippen molar-refractivity contribution in [2.75, 3.05) is 13.1 Å². The highest BCUT2D eigenvalue weighted by Gasteiger charge is 2.27. The Bertz CT molecular complexity index is 1020. The molecule has 146 valence electrons. The predicted octanol–water partition coefficient (Wildman–Crippen LogP) is 2.92. The third kappa shape index (κ3) is 3.59. The third-order valence-corrected chi connectivity index (χ3v) is 5.66. The number of carbonyl (C=O) groups is 1. The van der Waals surface area contributed by atoms with Crippen molar-refractivity contribution in [3.05, 3.63) is 64.7 Å². The fraction of sp³-hybridized carbons (Fsp3) is 0.409. The van der Waals surface area contributed by atoms with Gasteiger partial charge in [-0.3, -0.25) is 13.9 Å². The van der Waals surface area contributed by atoms with E-state index in [4.69, 9.17) is 0 Å². The zero-order valence-electron chi connectivity index (χ0n) is 16.3. The number of pyridine rings is 1. The Hall–Kier alpha value is -2.89. The molecule has 1 fully saturated rings. The second-order valence-corrected chi connectivity index (χ2v) is 7.53. The highest BCUT2D eigenvalue weighted by molar-refractivity contribution is 5.76. The lowest BCUT2D eigenvalue weighted by Gasteiger charge is -2.33. The molecular formula is C22H26N4O2. The highest BCUT2D eigenvalue weighted by Crippen LogP contribution is 2.24. The summed E-state index contributed by atoms with van der Waals surface area (Å²) >= 11 is 0. The number of imidazole rings is 1. The van der Waals surface area contributed by atoms with Crippen LogP contribution in [0.1, 0.15) is 37.3 Å². The van der Waals surface area contributed by atoms with Crippen LogP contribution in [0.15, 0.2) is 53.5 Å². The number of hydrogen-bond acceptors (Lipinski definition) is 3. The molecule has 6 nitrogen and oxygen atoms in total. The summed E-state index contributed by atoms with van der Waals surface area (Å²) in [5.41, 5.74) is 2.74. The Morgan fingerprint density at radius 1 is 1.18 bits per heavy atom. The summed E-state index contributed by atoms with van der Waals surface area (Å²) in [6, 6.07) is 14.0. The molecule has 0 spiro atoms. The monoisotopic (exact) mass is 378 g/mol. The van der Waals surface area contributed by atoms with Crippen LogP contribution >= 0.6 is 0 Å². The molecule has 0 aliphatic carbocycles. The summed E-state index contributed by atoms with van der Waals surface area (Å²) in [6.07, 6.45) is 5.82. The normalized spacial score (nSPS) is 17.2. The van der Waals surface area contributed by atoms with Crippen molar-refractivity contribution < 1.29 is 4.79 Å². The summed E-state index contributed by atoms with van der Waals surface area (Å²) < 4.78 is 3.42. The largest absolute Gasteiger partial charge is 0.341 e. The van der Waals surface area contributed by atoms with Crippen LogP contribution in [0.4, 0.5) is 0 Å². The lowest BCUT2D eigenvalue weighted by molar-refractivity contribution is -0.132. The van der Waals surface area contributed by atoms with Crippen molar-refractivity contribution in [1.29, 1.82) is 0 Å². The molecule has 1 aromatic carbocycles. The lowest BCUT2D eigenvalue weighted by atomic mass is 10.0. The number of aryl methyl sites for hydroxylation is 2. The molecule has 1 amide bonds. The van der Waals surface area contributed by atoms with Crippen LogP contribution in [0.2, 0.25) is 0 Å². The van der Waals surface area contributed by atoms with Crippen molar-refractivity contribution in [2.24, 2.45) is 7.05 Å². The van der Waals surface area contributed by atoms with Crippen LogP contribution in [0.5, 0.6) is 0 Å². The minimum atomic E-state index is -0.0583. The van der Waals surface area contributed by atoms with Gasteiger partial charge in [0.15, 0.2) is 5.65 Å². The van der Waals surface area contributed by atoms with Gasteiger partial charge in [0, 0.05) is 32.8 Å². The van der Waals surface area contributed by atoms with E-state index in [0.717, 1.165) is 37.7 Å². The Labute approximate surface area is 164 Å². The number of likely N-dealkylation sites (tertiary alicyclic amines) is 1. The third-order valence-electron chi connectivity index (χ3n) is 5.66. The topological polar surface area (TPSA) is 60.1 Å². The van der Waals surface area contributed by atoms with Gasteiger partial charge in [0.2, 0.25) is 5.91 Å². The maximum Gasteiger partial charge on any atom is 0.330 e. The fourth-order valence-corrected chi connectivity index (χ4v) is 4.16. The molecule has 6 heteroatoms. The van der Waals surface area contributed by atoms with Gasteiger partial charge in [-0.15, -0.1) is 0 Å². The number of piperidine rings is 1. The predicted molar refractivity (Wildman–Crippen MR) is 109 cm³/mol. The quantitative estimate of drug-likeness (QED) is 0.686. The molecule has 0 N–H and O–H groups in total. The number of rotatable bonds is 5. The second-order valence-electron chi connectivity index (χ2n) is 7.53.